The van der Waals surface area contributed by atoms with Crippen LogP contribution >= 0.6 is 0 Å². The Bertz CT molecular complexity index is 2260. The van der Waals surface area contributed by atoms with Crippen LogP contribution in [0.5, 0.6) is 17.2 Å². The van der Waals surface area contributed by atoms with E-state index in [1.807, 2.05) is 103 Å². The molecule has 5 aromatic carbocycles. The predicted octanol–water partition coefficient (Wildman–Crippen LogP) is 7.56. The van der Waals surface area contributed by atoms with Gasteiger partial charge in [-0.05, 0) is 111 Å². The maximum absolute atomic E-state index is 13.1. The lowest BCUT2D eigenvalue weighted by Crippen LogP contribution is -2.09. The Kier molecular flexibility index (Phi) is 7.25. The summed E-state index contributed by atoms with van der Waals surface area (Å²) >= 11 is 0. The third-order valence-corrected chi connectivity index (χ3v) is 9.03. The summed E-state index contributed by atoms with van der Waals surface area (Å²) < 4.78 is 33.5. The zero-order valence-electron chi connectivity index (χ0n) is 26.3. The van der Waals surface area contributed by atoms with Crippen LogP contribution in [0.4, 0.5) is 0 Å². The van der Waals surface area contributed by atoms with Gasteiger partial charge in [-0.2, -0.15) is 0 Å². The summed E-state index contributed by atoms with van der Waals surface area (Å²) in [5.74, 6) is 1.62. The maximum Gasteiger partial charge on any atom is 0.343 e. The molecule has 8 heteroatoms. The van der Waals surface area contributed by atoms with Gasteiger partial charge in [0, 0.05) is 5.92 Å². The van der Waals surface area contributed by atoms with Gasteiger partial charge in [0.15, 0.2) is 0 Å². The molecule has 3 atom stereocenters. The molecule has 5 aromatic rings. The average molecular weight is 651 g/mol. The topological polar surface area (TPSA) is 96.1 Å². The van der Waals surface area contributed by atoms with Crippen LogP contribution in [0, 0.1) is 0 Å². The highest BCUT2D eigenvalue weighted by Gasteiger charge is 2.27. The van der Waals surface area contributed by atoms with Crippen LogP contribution in [0.15, 0.2) is 121 Å². The monoisotopic (exact) mass is 650 g/mol. The van der Waals surface area contributed by atoms with Gasteiger partial charge in [0.2, 0.25) is 0 Å². The number of carbonyl (C=O) groups is 2. The standard InChI is InChI=1S/C41H30O8/c42-40(28-3-1-26-16-32(7-5-24(26)13-28)44-20-36-22-46-36)48-34-9-11-38-30(18-34)15-31-19-35(10-12-39(31)38)49-41(43)29-4-2-27-17-33(8-6-25(27)14-29)45-21-37-23-47-37/h1-19,36-38H,20-23H2. The smallest absolute Gasteiger partial charge is 0.343 e. The van der Waals surface area contributed by atoms with Gasteiger partial charge in [-0.1, -0.05) is 42.5 Å². The van der Waals surface area contributed by atoms with Gasteiger partial charge in [0.25, 0.3) is 0 Å². The Balaban J connectivity index is 0.855. The van der Waals surface area contributed by atoms with E-state index in [1.165, 1.54) is 0 Å². The molecule has 2 fully saturated rings. The number of ether oxygens (including phenoxy) is 6. The Morgan fingerprint density at radius 2 is 1.16 bits per heavy atom. The summed E-state index contributed by atoms with van der Waals surface area (Å²) in [5, 5.41) is 3.78. The summed E-state index contributed by atoms with van der Waals surface area (Å²) in [6, 6.07) is 28.2. The Hall–Kier alpha value is -5.70. The highest BCUT2D eigenvalue weighted by Crippen LogP contribution is 2.42. The lowest BCUT2D eigenvalue weighted by Gasteiger charge is -2.16. The quantitative estimate of drug-likeness (QED) is 0.0869. The lowest BCUT2D eigenvalue weighted by atomic mass is 9.92. The molecule has 0 amide bonds. The molecule has 8 nitrogen and oxygen atoms in total. The van der Waals surface area contributed by atoms with Crippen LogP contribution in [0.3, 0.4) is 0 Å². The zero-order valence-corrected chi connectivity index (χ0v) is 26.3. The number of benzene rings is 5. The van der Waals surface area contributed by atoms with Crippen molar-refractivity contribution in [1.29, 1.82) is 0 Å². The first-order valence-electron chi connectivity index (χ1n) is 16.3. The van der Waals surface area contributed by atoms with Crippen LogP contribution < -0.4 is 14.2 Å². The maximum atomic E-state index is 13.1. The van der Waals surface area contributed by atoms with Crippen LogP contribution in [-0.2, 0) is 14.2 Å². The van der Waals surface area contributed by atoms with Crippen molar-refractivity contribution in [2.75, 3.05) is 26.4 Å². The van der Waals surface area contributed by atoms with Gasteiger partial charge in [-0.15, -0.1) is 0 Å². The lowest BCUT2D eigenvalue weighted by molar-refractivity contribution is 0.0635. The Morgan fingerprint density at radius 1 is 0.612 bits per heavy atom. The number of carbonyl (C=O) groups excluding carboxylic acids is 2. The van der Waals surface area contributed by atoms with Crippen molar-refractivity contribution in [3.63, 3.8) is 0 Å². The van der Waals surface area contributed by atoms with Crippen molar-refractivity contribution in [2.45, 2.75) is 18.1 Å². The van der Waals surface area contributed by atoms with Gasteiger partial charge in [-0.25, -0.2) is 9.59 Å². The summed E-state index contributed by atoms with van der Waals surface area (Å²) in [6.45, 7) is 2.57. The van der Waals surface area contributed by atoms with Crippen LogP contribution in [0.2, 0.25) is 0 Å². The third kappa shape index (κ3) is 6.32. The van der Waals surface area contributed by atoms with Gasteiger partial charge >= 0.3 is 11.9 Å². The van der Waals surface area contributed by atoms with Gasteiger partial charge < -0.3 is 28.4 Å². The van der Waals surface area contributed by atoms with E-state index in [0.717, 1.165) is 63.0 Å². The minimum absolute atomic E-state index is 0.0249. The minimum Gasteiger partial charge on any atom is -0.491 e. The molecule has 0 radical (unpaired) electrons. The number of epoxide rings is 2. The molecular formula is C41H30O8. The summed E-state index contributed by atoms with van der Waals surface area (Å²) in [5.41, 5.74) is 3.95. The Labute approximate surface area is 281 Å². The zero-order chi connectivity index (χ0) is 32.9. The molecule has 242 valence electrons. The highest BCUT2D eigenvalue weighted by molar-refractivity contribution is 5.97. The van der Waals surface area contributed by atoms with Crippen molar-refractivity contribution in [3.05, 3.63) is 143 Å². The van der Waals surface area contributed by atoms with E-state index < -0.39 is 11.9 Å². The van der Waals surface area contributed by atoms with E-state index in [4.69, 9.17) is 28.4 Å². The second kappa shape index (κ2) is 12.1. The van der Waals surface area contributed by atoms with Crippen molar-refractivity contribution >= 4 is 39.6 Å². The number of esters is 2. The molecule has 0 N–H and O–H groups in total. The normalized spacial score (nSPS) is 19.8. The fourth-order valence-corrected chi connectivity index (χ4v) is 6.21. The second-order valence-electron chi connectivity index (χ2n) is 12.6. The van der Waals surface area contributed by atoms with Crippen LogP contribution in [-0.4, -0.2) is 50.6 Å². The average Bonchev–Trinajstić information content (AvgIpc) is 4.07. The third-order valence-electron chi connectivity index (χ3n) is 9.03. The van der Waals surface area contributed by atoms with E-state index in [9.17, 15) is 9.59 Å². The number of fused-ring (bicyclic) bond motifs is 5. The van der Waals surface area contributed by atoms with Crippen molar-refractivity contribution in [1.82, 2.24) is 0 Å². The number of hydrogen-bond donors (Lipinski definition) is 0. The molecule has 3 unspecified atom stereocenters. The predicted molar refractivity (Wildman–Crippen MR) is 183 cm³/mol. The van der Waals surface area contributed by atoms with Gasteiger partial charge in [0.1, 0.15) is 48.4 Å². The van der Waals surface area contributed by atoms with E-state index in [0.29, 0.717) is 35.8 Å². The number of rotatable bonds is 10. The molecule has 0 bridgehead atoms. The SMILES string of the molecule is O=C(OC1=CC2=Cc3cc(OC(=O)c4ccc5cc(OCC6CO6)ccc5c4)ccc3C2C=C1)c1ccc2cc(OCC3CO3)ccc2c1. The van der Waals surface area contributed by atoms with Gasteiger partial charge in [-0.3, -0.25) is 0 Å². The molecule has 4 aliphatic rings. The minimum atomic E-state index is -0.434. The van der Waals surface area contributed by atoms with E-state index in [1.54, 1.807) is 12.1 Å². The molecule has 0 spiro atoms. The molecule has 0 aromatic heterocycles. The van der Waals surface area contributed by atoms with Crippen LogP contribution in [0.25, 0.3) is 27.6 Å². The first kappa shape index (κ1) is 29.4. The first-order chi connectivity index (χ1) is 24.0. The summed E-state index contributed by atoms with van der Waals surface area (Å²) in [4.78, 5) is 26.2. The van der Waals surface area contributed by atoms with E-state index >= 15 is 0 Å². The molecule has 49 heavy (non-hydrogen) atoms. The first-order valence-corrected chi connectivity index (χ1v) is 16.3. The molecule has 9 rings (SSSR count). The highest BCUT2D eigenvalue weighted by atomic mass is 16.6. The second-order valence-corrected chi connectivity index (χ2v) is 12.6. The Morgan fingerprint density at radius 3 is 1.78 bits per heavy atom. The van der Waals surface area contributed by atoms with E-state index in [-0.39, 0.29) is 18.1 Å². The van der Waals surface area contributed by atoms with Gasteiger partial charge in [0.05, 0.1) is 24.3 Å². The molecular weight excluding hydrogens is 620 g/mol. The van der Waals surface area contributed by atoms with Crippen molar-refractivity contribution < 1.29 is 38.0 Å². The molecule has 2 aliphatic carbocycles. The fourth-order valence-electron chi connectivity index (χ4n) is 6.21. The molecule has 2 saturated heterocycles. The number of allylic oxidation sites excluding steroid dienone is 4. The molecule has 2 heterocycles. The summed E-state index contributed by atoms with van der Waals surface area (Å²) in [7, 11) is 0. The van der Waals surface area contributed by atoms with Crippen molar-refractivity contribution in [3.8, 4) is 17.2 Å². The number of hydrogen-bond acceptors (Lipinski definition) is 8. The molecule has 2 aliphatic heterocycles. The van der Waals surface area contributed by atoms with Crippen LogP contribution in [0.1, 0.15) is 37.8 Å². The van der Waals surface area contributed by atoms with Crippen molar-refractivity contribution in [2.24, 2.45) is 0 Å². The largest absolute Gasteiger partial charge is 0.491 e. The fraction of sp³-hybridized carbons (Fsp3) is 0.171. The molecule has 0 saturated carbocycles. The summed E-state index contributed by atoms with van der Waals surface area (Å²) in [6.07, 6.45) is 8.14. The van der Waals surface area contributed by atoms with E-state index in [2.05, 4.69) is 0 Å².